The van der Waals surface area contributed by atoms with Crippen molar-refractivity contribution in [3.63, 3.8) is 0 Å². The average Bonchev–Trinajstić information content (AvgIpc) is 2.50. The van der Waals surface area contributed by atoms with Crippen LogP contribution in [0.15, 0.2) is 18.3 Å². The molecule has 18 heavy (non-hydrogen) atoms. The molecule has 3 N–H and O–H groups in total. The van der Waals surface area contributed by atoms with Gasteiger partial charge in [0.25, 0.3) is 5.91 Å². The van der Waals surface area contributed by atoms with Crippen molar-refractivity contribution >= 4 is 11.6 Å². The van der Waals surface area contributed by atoms with Crippen molar-refractivity contribution in [3.05, 3.63) is 24.0 Å². The maximum absolute atomic E-state index is 11.1. The van der Waals surface area contributed by atoms with E-state index in [-0.39, 0.29) is 5.69 Å². The molecule has 98 valence electrons. The lowest BCUT2D eigenvalue weighted by atomic mass is 9.98. The standard InChI is InChI=1S/C13H19N3O2/c1-13(18)4-2-7-16(8-5-13)10-3-6-15-11(9-10)12(14)17/h3,6,9,18H,2,4-5,7-8H2,1H3,(H2,14,17). The van der Waals surface area contributed by atoms with Gasteiger partial charge >= 0.3 is 0 Å². The van der Waals surface area contributed by atoms with Gasteiger partial charge in [0.2, 0.25) is 0 Å². The fourth-order valence-electron chi connectivity index (χ4n) is 2.27. The fourth-order valence-corrected chi connectivity index (χ4v) is 2.27. The molecule has 1 aromatic rings. The number of pyridine rings is 1. The van der Waals surface area contributed by atoms with E-state index in [0.29, 0.717) is 0 Å². The van der Waals surface area contributed by atoms with E-state index in [4.69, 9.17) is 5.73 Å². The number of carbonyl (C=O) groups excluding carboxylic acids is 1. The quantitative estimate of drug-likeness (QED) is 0.817. The zero-order valence-electron chi connectivity index (χ0n) is 10.6. The Morgan fingerprint density at radius 1 is 1.50 bits per heavy atom. The number of anilines is 1. The van der Waals surface area contributed by atoms with Crippen LogP contribution in [0.5, 0.6) is 0 Å². The van der Waals surface area contributed by atoms with E-state index >= 15 is 0 Å². The smallest absolute Gasteiger partial charge is 0.267 e. The summed E-state index contributed by atoms with van der Waals surface area (Å²) in [5, 5.41) is 10.0. The lowest BCUT2D eigenvalue weighted by Crippen LogP contribution is -2.28. The van der Waals surface area contributed by atoms with Gasteiger partial charge in [-0.2, -0.15) is 0 Å². The molecule has 0 spiro atoms. The molecule has 1 amide bonds. The number of aromatic nitrogens is 1. The number of carbonyl (C=O) groups is 1. The van der Waals surface area contributed by atoms with Crippen LogP contribution < -0.4 is 10.6 Å². The first-order valence-electron chi connectivity index (χ1n) is 6.21. The van der Waals surface area contributed by atoms with Gasteiger partial charge in [0, 0.05) is 25.0 Å². The molecule has 1 fully saturated rings. The first-order valence-corrected chi connectivity index (χ1v) is 6.21. The first kappa shape index (κ1) is 12.8. The zero-order chi connectivity index (χ0) is 13.2. The molecule has 1 aliphatic rings. The third-order valence-electron chi connectivity index (χ3n) is 3.42. The van der Waals surface area contributed by atoms with E-state index in [0.717, 1.165) is 38.0 Å². The predicted octanol–water partition coefficient (Wildman–Crippen LogP) is 0.922. The maximum atomic E-state index is 11.1. The molecule has 0 bridgehead atoms. The number of nitrogens with zero attached hydrogens (tertiary/aromatic N) is 2. The van der Waals surface area contributed by atoms with Crippen molar-refractivity contribution in [2.24, 2.45) is 5.73 Å². The van der Waals surface area contributed by atoms with Crippen molar-refractivity contribution in [2.75, 3.05) is 18.0 Å². The first-order chi connectivity index (χ1) is 8.48. The van der Waals surface area contributed by atoms with Gasteiger partial charge in [-0.3, -0.25) is 9.78 Å². The van der Waals surface area contributed by atoms with Crippen LogP contribution in [0.3, 0.4) is 0 Å². The highest BCUT2D eigenvalue weighted by Crippen LogP contribution is 2.25. The molecule has 1 unspecified atom stereocenters. The Bertz CT molecular complexity index is 446. The Labute approximate surface area is 107 Å². The summed E-state index contributed by atoms with van der Waals surface area (Å²) >= 11 is 0. The molecule has 0 aromatic carbocycles. The number of primary amides is 1. The summed E-state index contributed by atoms with van der Waals surface area (Å²) in [6.45, 7) is 3.52. The van der Waals surface area contributed by atoms with Crippen LogP contribution in [0, 0.1) is 0 Å². The zero-order valence-corrected chi connectivity index (χ0v) is 10.6. The normalized spacial score (nSPS) is 24.7. The molecule has 0 saturated carbocycles. The molecule has 2 heterocycles. The number of hydrogen-bond acceptors (Lipinski definition) is 4. The number of rotatable bonds is 2. The van der Waals surface area contributed by atoms with Crippen LogP contribution >= 0.6 is 0 Å². The average molecular weight is 249 g/mol. The number of amides is 1. The van der Waals surface area contributed by atoms with Crippen molar-refractivity contribution in [3.8, 4) is 0 Å². The Morgan fingerprint density at radius 2 is 2.28 bits per heavy atom. The maximum Gasteiger partial charge on any atom is 0.267 e. The van der Waals surface area contributed by atoms with Crippen molar-refractivity contribution < 1.29 is 9.90 Å². The second-order valence-electron chi connectivity index (χ2n) is 5.10. The minimum Gasteiger partial charge on any atom is -0.390 e. The van der Waals surface area contributed by atoms with Crippen LogP contribution in [0.2, 0.25) is 0 Å². The van der Waals surface area contributed by atoms with Crippen LogP contribution in [0.25, 0.3) is 0 Å². The summed E-state index contributed by atoms with van der Waals surface area (Å²) in [5.74, 6) is -0.515. The van der Waals surface area contributed by atoms with Crippen molar-refractivity contribution in [2.45, 2.75) is 31.8 Å². The lowest BCUT2D eigenvalue weighted by molar-refractivity contribution is 0.0481. The number of aliphatic hydroxyl groups is 1. The van der Waals surface area contributed by atoms with Crippen LogP contribution in [0.4, 0.5) is 5.69 Å². The van der Waals surface area contributed by atoms with E-state index in [1.807, 2.05) is 13.0 Å². The van der Waals surface area contributed by atoms with Crippen LogP contribution in [-0.2, 0) is 0 Å². The summed E-state index contributed by atoms with van der Waals surface area (Å²) in [5.41, 5.74) is 5.86. The van der Waals surface area contributed by atoms with Gasteiger partial charge in [-0.1, -0.05) is 0 Å². The molecule has 5 nitrogen and oxygen atoms in total. The molecular formula is C13H19N3O2. The van der Waals surface area contributed by atoms with Gasteiger partial charge in [0.1, 0.15) is 5.69 Å². The summed E-state index contributed by atoms with van der Waals surface area (Å²) < 4.78 is 0. The largest absolute Gasteiger partial charge is 0.390 e. The van der Waals surface area contributed by atoms with Gasteiger partial charge in [0.15, 0.2) is 0 Å². The fraction of sp³-hybridized carbons (Fsp3) is 0.538. The number of hydrogen-bond donors (Lipinski definition) is 2. The highest BCUT2D eigenvalue weighted by Gasteiger charge is 2.25. The third kappa shape index (κ3) is 2.98. The number of nitrogens with two attached hydrogens (primary N) is 1. The molecule has 1 aliphatic heterocycles. The second kappa shape index (κ2) is 4.94. The summed E-state index contributed by atoms with van der Waals surface area (Å²) in [4.78, 5) is 17.2. The predicted molar refractivity (Wildman–Crippen MR) is 69.4 cm³/mol. The summed E-state index contributed by atoms with van der Waals surface area (Å²) in [6, 6.07) is 3.58. The molecule has 0 aliphatic carbocycles. The molecule has 5 heteroatoms. The third-order valence-corrected chi connectivity index (χ3v) is 3.42. The van der Waals surface area contributed by atoms with E-state index in [1.165, 1.54) is 0 Å². The molecular weight excluding hydrogens is 230 g/mol. The highest BCUT2D eigenvalue weighted by atomic mass is 16.3. The van der Waals surface area contributed by atoms with Crippen LogP contribution in [-0.4, -0.2) is 34.7 Å². The Hall–Kier alpha value is -1.62. The van der Waals surface area contributed by atoms with Crippen molar-refractivity contribution in [1.29, 1.82) is 0 Å². The van der Waals surface area contributed by atoms with Gasteiger partial charge in [-0.05, 0) is 38.3 Å². The van der Waals surface area contributed by atoms with Crippen LogP contribution in [0.1, 0.15) is 36.7 Å². The van der Waals surface area contributed by atoms with Gasteiger partial charge in [-0.25, -0.2) is 0 Å². The van der Waals surface area contributed by atoms with Gasteiger partial charge < -0.3 is 15.7 Å². The molecule has 1 aromatic heterocycles. The van der Waals surface area contributed by atoms with E-state index in [1.54, 1.807) is 12.3 Å². The summed E-state index contributed by atoms with van der Waals surface area (Å²) in [6.07, 6.45) is 4.05. The van der Waals surface area contributed by atoms with E-state index < -0.39 is 11.5 Å². The molecule has 0 radical (unpaired) electrons. The monoisotopic (exact) mass is 249 g/mol. The lowest BCUT2D eigenvalue weighted by Gasteiger charge is -2.24. The van der Waals surface area contributed by atoms with Crippen molar-refractivity contribution in [1.82, 2.24) is 4.98 Å². The SMILES string of the molecule is CC1(O)CCCN(c2ccnc(C(N)=O)c2)CC1. The van der Waals surface area contributed by atoms with Gasteiger partial charge in [-0.15, -0.1) is 0 Å². The topological polar surface area (TPSA) is 79.4 Å². The Kier molecular flexibility index (Phi) is 3.52. The Morgan fingerprint density at radius 3 is 3.00 bits per heavy atom. The molecule has 1 saturated heterocycles. The van der Waals surface area contributed by atoms with E-state index in [2.05, 4.69) is 9.88 Å². The molecule has 2 rings (SSSR count). The second-order valence-corrected chi connectivity index (χ2v) is 5.10. The Balaban J connectivity index is 2.16. The minimum absolute atomic E-state index is 0.281. The van der Waals surface area contributed by atoms with E-state index in [9.17, 15) is 9.90 Å². The molecule has 1 atom stereocenters. The van der Waals surface area contributed by atoms with Gasteiger partial charge in [0.05, 0.1) is 5.60 Å². The minimum atomic E-state index is -0.589. The summed E-state index contributed by atoms with van der Waals surface area (Å²) in [7, 11) is 0. The highest BCUT2D eigenvalue weighted by molar-refractivity contribution is 5.91.